The van der Waals surface area contributed by atoms with Gasteiger partial charge in [0.2, 0.25) is 0 Å². The minimum absolute atomic E-state index is 0.294. The lowest BCUT2D eigenvalue weighted by Crippen LogP contribution is -2.46. The SMILES string of the molecule is CC(=O)OC(C)(C)[C@H]1Oc2ccc3ccc(=O)oc3c2[C@H]1OC(=O)C(C)C. The zero-order valence-corrected chi connectivity index (χ0v) is 15.9. The van der Waals surface area contributed by atoms with Gasteiger partial charge in [-0.05, 0) is 32.0 Å². The predicted octanol–water partition coefficient (Wildman–Crippen LogP) is 3.14. The monoisotopic (exact) mass is 374 g/mol. The van der Waals surface area contributed by atoms with Crippen molar-refractivity contribution in [3.63, 3.8) is 0 Å². The van der Waals surface area contributed by atoms with E-state index in [0.29, 0.717) is 22.3 Å². The summed E-state index contributed by atoms with van der Waals surface area (Å²) >= 11 is 0. The van der Waals surface area contributed by atoms with Crippen LogP contribution in [-0.2, 0) is 19.1 Å². The molecule has 0 N–H and O–H groups in total. The topological polar surface area (TPSA) is 92.0 Å². The van der Waals surface area contributed by atoms with Crippen molar-refractivity contribution in [2.24, 2.45) is 5.92 Å². The maximum absolute atomic E-state index is 12.3. The molecule has 0 saturated carbocycles. The van der Waals surface area contributed by atoms with Gasteiger partial charge in [0.05, 0.1) is 11.5 Å². The van der Waals surface area contributed by atoms with Crippen molar-refractivity contribution in [1.29, 1.82) is 0 Å². The number of carbonyl (C=O) groups is 2. The highest BCUT2D eigenvalue weighted by molar-refractivity contribution is 5.84. The number of carbonyl (C=O) groups excluding carboxylic acids is 2. The molecule has 7 nitrogen and oxygen atoms in total. The molecule has 0 aliphatic carbocycles. The maximum Gasteiger partial charge on any atom is 0.336 e. The van der Waals surface area contributed by atoms with Gasteiger partial charge in [-0.15, -0.1) is 0 Å². The van der Waals surface area contributed by atoms with Gasteiger partial charge in [-0.1, -0.05) is 13.8 Å². The van der Waals surface area contributed by atoms with Crippen LogP contribution in [0, 0.1) is 5.92 Å². The van der Waals surface area contributed by atoms with Gasteiger partial charge >= 0.3 is 17.6 Å². The molecule has 2 aromatic rings. The fraction of sp³-hybridized carbons (Fsp3) is 0.450. The summed E-state index contributed by atoms with van der Waals surface area (Å²) in [4.78, 5) is 35.6. The van der Waals surface area contributed by atoms with Crippen LogP contribution in [0.25, 0.3) is 11.0 Å². The Labute approximate surface area is 156 Å². The first-order valence-electron chi connectivity index (χ1n) is 8.73. The van der Waals surface area contributed by atoms with Gasteiger partial charge in [-0.2, -0.15) is 0 Å². The van der Waals surface area contributed by atoms with Crippen LogP contribution in [0.15, 0.2) is 33.5 Å². The normalized spacial score (nSPS) is 18.9. The fourth-order valence-corrected chi connectivity index (χ4v) is 3.17. The molecule has 0 radical (unpaired) electrons. The molecular weight excluding hydrogens is 352 g/mol. The van der Waals surface area contributed by atoms with Gasteiger partial charge in [0.15, 0.2) is 12.2 Å². The van der Waals surface area contributed by atoms with E-state index in [0.717, 1.165) is 0 Å². The first-order chi connectivity index (χ1) is 12.6. The molecule has 3 rings (SSSR count). The van der Waals surface area contributed by atoms with Crippen LogP contribution < -0.4 is 10.4 Å². The Balaban J connectivity index is 2.15. The molecular formula is C20H22O7. The first-order valence-corrected chi connectivity index (χ1v) is 8.73. The third-order valence-electron chi connectivity index (χ3n) is 4.41. The second-order valence-electron chi connectivity index (χ2n) is 7.40. The minimum Gasteiger partial charge on any atom is -0.481 e. The molecule has 7 heteroatoms. The highest BCUT2D eigenvalue weighted by Gasteiger charge is 2.50. The Kier molecular flexibility index (Phi) is 4.71. The summed E-state index contributed by atoms with van der Waals surface area (Å²) in [5.74, 6) is -0.864. The van der Waals surface area contributed by atoms with Crippen LogP contribution in [0.5, 0.6) is 5.75 Å². The van der Waals surface area contributed by atoms with Crippen LogP contribution in [0.1, 0.15) is 46.3 Å². The molecule has 0 amide bonds. The second-order valence-corrected chi connectivity index (χ2v) is 7.40. The molecule has 2 atom stereocenters. The van der Waals surface area contributed by atoms with Crippen LogP contribution in [0.4, 0.5) is 0 Å². The zero-order chi connectivity index (χ0) is 19.9. The molecule has 0 unspecified atom stereocenters. The molecule has 1 aliphatic rings. The van der Waals surface area contributed by atoms with E-state index in [4.69, 9.17) is 18.6 Å². The average molecular weight is 374 g/mol. The number of hydrogen-bond donors (Lipinski definition) is 0. The molecule has 0 fully saturated rings. The number of benzene rings is 1. The van der Waals surface area contributed by atoms with E-state index >= 15 is 0 Å². The van der Waals surface area contributed by atoms with Crippen LogP contribution in [-0.4, -0.2) is 23.6 Å². The summed E-state index contributed by atoms with van der Waals surface area (Å²) in [7, 11) is 0. The molecule has 1 aliphatic heterocycles. The lowest BCUT2D eigenvalue weighted by Gasteiger charge is -2.33. The summed E-state index contributed by atoms with van der Waals surface area (Å²) in [6.07, 6.45) is -1.69. The van der Waals surface area contributed by atoms with Gasteiger partial charge < -0.3 is 18.6 Å². The van der Waals surface area contributed by atoms with E-state index in [-0.39, 0.29) is 5.92 Å². The quantitative estimate of drug-likeness (QED) is 0.599. The van der Waals surface area contributed by atoms with E-state index in [1.165, 1.54) is 13.0 Å². The van der Waals surface area contributed by atoms with E-state index in [2.05, 4.69) is 0 Å². The number of esters is 2. The standard InChI is InChI=1S/C20H22O7/c1-10(2)19(23)26-17-15-13(24-18(17)20(4,5)27-11(3)21)8-6-12-7-9-14(22)25-16(12)15/h6-10,17-18H,1-5H3/t17-,18+/m1/s1. The molecule has 27 heavy (non-hydrogen) atoms. The highest BCUT2D eigenvalue weighted by Crippen LogP contribution is 2.47. The third-order valence-corrected chi connectivity index (χ3v) is 4.41. The number of rotatable bonds is 4. The van der Waals surface area contributed by atoms with Gasteiger partial charge in [-0.25, -0.2) is 4.79 Å². The third kappa shape index (κ3) is 3.54. The summed E-state index contributed by atoms with van der Waals surface area (Å²) in [6.45, 7) is 8.09. The summed E-state index contributed by atoms with van der Waals surface area (Å²) in [6, 6.07) is 6.42. The predicted molar refractivity (Wildman–Crippen MR) is 96.4 cm³/mol. The van der Waals surface area contributed by atoms with E-state index in [9.17, 15) is 14.4 Å². The molecule has 1 aromatic carbocycles. The molecule has 0 spiro atoms. The Morgan fingerprint density at radius 1 is 1.15 bits per heavy atom. The van der Waals surface area contributed by atoms with Crippen LogP contribution >= 0.6 is 0 Å². The largest absolute Gasteiger partial charge is 0.481 e. The Morgan fingerprint density at radius 2 is 1.81 bits per heavy atom. The van der Waals surface area contributed by atoms with Gasteiger partial charge in [0.1, 0.15) is 16.9 Å². The molecule has 144 valence electrons. The Morgan fingerprint density at radius 3 is 2.44 bits per heavy atom. The molecule has 0 bridgehead atoms. The van der Waals surface area contributed by atoms with E-state index in [1.54, 1.807) is 45.9 Å². The molecule has 0 saturated heterocycles. The smallest absolute Gasteiger partial charge is 0.336 e. The highest BCUT2D eigenvalue weighted by atomic mass is 16.6. The lowest BCUT2D eigenvalue weighted by atomic mass is 9.93. The number of fused-ring (bicyclic) bond motifs is 3. The maximum atomic E-state index is 12.3. The van der Waals surface area contributed by atoms with Crippen molar-refractivity contribution in [2.75, 3.05) is 0 Å². The van der Waals surface area contributed by atoms with E-state index < -0.39 is 35.4 Å². The summed E-state index contributed by atoms with van der Waals surface area (Å²) in [5.41, 5.74) is -0.853. The van der Waals surface area contributed by atoms with Gasteiger partial charge in [0.25, 0.3) is 0 Å². The van der Waals surface area contributed by atoms with E-state index in [1.807, 2.05) is 0 Å². The average Bonchev–Trinajstić information content (AvgIpc) is 2.93. The van der Waals surface area contributed by atoms with Crippen molar-refractivity contribution >= 4 is 22.9 Å². The fourth-order valence-electron chi connectivity index (χ4n) is 3.17. The van der Waals surface area contributed by atoms with Crippen molar-refractivity contribution in [3.05, 3.63) is 40.2 Å². The van der Waals surface area contributed by atoms with Crippen LogP contribution in [0.3, 0.4) is 0 Å². The van der Waals surface area contributed by atoms with Crippen molar-refractivity contribution in [1.82, 2.24) is 0 Å². The van der Waals surface area contributed by atoms with Crippen molar-refractivity contribution in [3.8, 4) is 5.75 Å². The first kappa shape index (κ1) is 18.9. The summed E-state index contributed by atoms with van der Waals surface area (Å²) < 4.78 is 22.5. The number of hydrogen-bond acceptors (Lipinski definition) is 7. The Hall–Kier alpha value is -2.83. The Bertz CT molecular complexity index is 954. The lowest BCUT2D eigenvalue weighted by molar-refractivity contribution is -0.177. The van der Waals surface area contributed by atoms with Gasteiger partial charge in [-0.3, -0.25) is 9.59 Å². The second kappa shape index (κ2) is 6.72. The number of ether oxygens (including phenoxy) is 3. The minimum atomic E-state index is -1.09. The summed E-state index contributed by atoms with van der Waals surface area (Å²) in [5, 5.41) is 0.675. The molecule has 1 aromatic heterocycles. The van der Waals surface area contributed by atoms with Crippen molar-refractivity contribution in [2.45, 2.75) is 52.4 Å². The zero-order valence-electron chi connectivity index (χ0n) is 15.9. The molecule has 2 heterocycles. The van der Waals surface area contributed by atoms with Gasteiger partial charge in [0, 0.05) is 18.4 Å². The van der Waals surface area contributed by atoms with Crippen molar-refractivity contribution < 1.29 is 28.2 Å². The van der Waals surface area contributed by atoms with Crippen LogP contribution in [0.2, 0.25) is 0 Å².